The minimum atomic E-state index is -0.00778. The standard InChI is InChI=1S/C12H21NO2/c14-12-9-1-3-10(12)11(4-2-9)13-5-7-15-8-6-13/h9-12,14H,1-8H2/t9-,10-,11+,12+/m1/s1. The van der Waals surface area contributed by atoms with Crippen molar-refractivity contribution in [3.63, 3.8) is 0 Å². The molecule has 0 aromatic carbocycles. The Labute approximate surface area is 91.4 Å². The third-order valence-corrected chi connectivity index (χ3v) is 4.63. The summed E-state index contributed by atoms with van der Waals surface area (Å²) >= 11 is 0. The third kappa shape index (κ3) is 1.71. The molecule has 15 heavy (non-hydrogen) atoms. The third-order valence-electron chi connectivity index (χ3n) is 4.63. The fraction of sp³-hybridized carbons (Fsp3) is 1.00. The second-order valence-electron chi connectivity index (χ2n) is 5.28. The molecule has 0 spiro atoms. The van der Waals surface area contributed by atoms with Crippen LogP contribution < -0.4 is 0 Å². The molecule has 3 aliphatic rings. The summed E-state index contributed by atoms with van der Waals surface area (Å²) in [5, 5.41) is 10.2. The highest BCUT2D eigenvalue weighted by atomic mass is 16.5. The van der Waals surface area contributed by atoms with Crippen molar-refractivity contribution < 1.29 is 9.84 Å². The van der Waals surface area contributed by atoms with E-state index in [-0.39, 0.29) is 6.10 Å². The quantitative estimate of drug-likeness (QED) is 0.698. The number of fused-ring (bicyclic) bond motifs is 2. The van der Waals surface area contributed by atoms with Crippen LogP contribution in [-0.4, -0.2) is 48.5 Å². The van der Waals surface area contributed by atoms with Gasteiger partial charge in [-0.3, -0.25) is 4.90 Å². The molecule has 3 rings (SSSR count). The molecule has 2 saturated carbocycles. The molecule has 1 N–H and O–H groups in total. The summed E-state index contributed by atoms with van der Waals surface area (Å²) in [5.41, 5.74) is 0. The van der Waals surface area contributed by atoms with Crippen LogP contribution in [-0.2, 0) is 4.74 Å². The van der Waals surface area contributed by atoms with E-state index in [0.717, 1.165) is 26.3 Å². The number of aliphatic hydroxyl groups is 1. The van der Waals surface area contributed by atoms with Gasteiger partial charge in [0.15, 0.2) is 0 Å². The smallest absolute Gasteiger partial charge is 0.0611 e. The lowest BCUT2D eigenvalue weighted by Crippen LogP contribution is -2.51. The summed E-state index contributed by atoms with van der Waals surface area (Å²) < 4.78 is 5.39. The molecule has 3 heteroatoms. The van der Waals surface area contributed by atoms with Crippen LogP contribution in [0.5, 0.6) is 0 Å². The zero-order valence-electron chi connectivity index (χ0n) is 9.27. The molecule has 0 amide bonds. The molecular formula is C12H21NO2. The molecule has 2 aliphatic carbocycles. The summed E-state index contributed by atoms with van der Waals surface area (Å²) in [6.07, 6.45) is 5.03. The van der Waals surface area contributed by atoms with Crippen molar-refractivity contribution in [1.82, 2.24) is 4.90 Å². The predicted octanol–water partition coefficient (Wildman–Crippen LogP) is 0.868. The first-order valence-electron chi connectivity index (χ1n) is 6.36. The van der Waals surface area contributed by atoms with Crippen molar-refractivity contribution in [1.29, 1.82) is 0 Å². The molecule has 1 aliphatic heterocycles. The van der Waals surface area contributed by atoms with Crippen molar-refractivity contribution in [2.24, 2.45) is 11.8 Å². The van der Waals surface area contributed by atoms with Gasteiger partial charge in [0, 0.05) is 25.0 Å². The van der Waals surface area contributed by atoms with Crippen LogP contribution in [0.2, 0.25) is 0 Å². The van der Waals surface area contributed by atoms with Crippen LogP contribution in [0.3, 0.4) is 0 Å². The Kier molecular flexibility index (Phi) is 2.71. The first-order chi connectivity index (χ1) is 7.36. The van der Waals surface area contributed by atoms with Gasteiger partial charge in [-0.25, -0.2) is 0 Å². The van der Waals surface area contributed by atoms with E-state index in [9.17, 15) is 5.11 Å². The summed E-state index contributed by atoms with van der Waals surface area (Å²) in [6.45, 7) is 3.89. The van der Waals surface area contributed by atoms with Crippen LogP contribution in [0.4, 0.5) is 0 Å². The first kappa shape index (κ1) is 10.1. The van der Waals surface area contributed by atoms with E-state index in [2.05, 4.69) is 4.90 Å². The Hall–Kier alpha value is -0.120. The molecule has 3 nitrogen and oxygen atoms in total. The highest BCUT2D eigenvalue weighted by molar-refractivity contribution is 4.97. The topological polar surface area (TPSA) is 32.7 Å². The average Bonchev–Trinajstić information content (AvgIpc) is 2.54. The van der Waals surface area contributed by atoms with E-state index in [0.29, 0.717) is 17.9 Å². The van der Waals surface area contributed by atoms with Gasteiger partial charge < -0.3 is 9.84 Å². The molecule has 1 saturated heterocycles. The van der Waals surface area contributed by atoms with Gasteiger partial charge in [-0.15, -0.1) is 0 Å². The fourth-order valence-corrected chi connectivity index (χ4v) is 3.79. The summed E-state index contributed by atoms with van der Waals surface area (Å²) in [7, 11) is 0. The van der Waals surface area contributed by atoms with Crippen molar-refractivity contribution >= 4 is 0 Å². The van der Waals surface area contributed by atoms with E-state index >= 15 is 0 Å². The number of aliphatic hydroxyl groups excluding tert-OH is 1. The normalized spacial score (nSPS) is 47.0. The zero-order chi connectivity index (χ0) is 10.3. The molecule has 4 atom stereocenters. The molecule has 0 aromatic rings. The number of morpholine rings is 1. The molecule has 1 heterocycles. The second-order valence-corrected chi connectivity index (χ2v) is 5.28. The number of nitrogens with zero attached hydrogens (tertiary/aromatic N) is 1. The van der Waals surface area contributed by atoms with E-state index in [1.54, 1.807) is 0 Å². The van der Waals surface area contributed by atoms with Gasteiger partial charge in [0.2, 0.25) is 0 Å². The second kappa shape index (κ2) is 4.04. The minimum Gasteiger partial charge on any atom is -0.392 e. The van der Waals surface area contributed by atoms with Gasteiger partial charge in [0.1, 0.15) is 0 Å². The molecule has 2 bridgehead atoms. The molecule has 3 fully saturated rings. The predicted molar refractivity (Wildman–Crippen MR) is 57.6 cm³/mol. The highest BCUT2D eigenvalue weighted by Gasteiger charge is 2.45. The summed E-state index contributed by atoms with van der Waals surface area (Å²) in [5.74, 6) is 1.18. The van der Waals surface area contributed by atoms with Crippen molar-refractivity contribution in [3.05, 3.63) is 0 Å². The Bertz CT molecular complexity index is 228. The lowest BCUT2D eigenvalue weighted by molar-refractivity contribution is -0.0412. The van der Waals surface area contributed by atoms with Gasteiger partial charge in [-0.05, 0) is 31.6 Å². The van der Waals surface area contributed by atoms with Crippen molar-refractivity contribution in [2.45, 2.75) is 37.8 Å². The van der Waals surface area contributed by atoms with E-state index in [4.69, 9.17) is 4.74 Å². The Morgan fingerprint density at radius 3 is 2.53 bits per heavy atom. The average molecular weight is 211 g/mol. The molecule has 86 valence electrons. The van der Waals surface area contributed by atoms with Crippen molar-refractivity contribution in [2.75, 3.05) is 26.3 Å². The maximum Gasteiger partial charge on any atom is 0.0611 e. The summed E-state index contributed by atoms with van der Waals surface area (Å²) in [4.78, 5) is 2.55. The van der Waals surface area contributed by atoms with E-state index in [1.165, 1.54) is 25.7 Å². The minimum absolute atomic E-state index is 0.00778. The highest BCUT2D eigenvalue weighted by Crippen LogP contribution is 2.44. The fourth-order valence-electron chi connectivity index (χ4n) is 3.79. The molecule has 0 radical (unpaired) electrons. The maximum absolute atomic E-state index is 10.2. The monoisotopic (exact) mass is 211 g/mol. The van der Waals surface area contributed by atoms with Gasteiger partial charge in [-0.1, -0.05) is 0 Å². The number of rotatable bonds is 1. The number of hydrogen-bond acceptors (Lipinski definition) is 3. The van der Waals surface area contributed by atoms with Gasteiger partial charge in [0.05, 0.1) is 19.3 Å². The Balaban J connectivity index is 1.69. The number of hydrogen-bond donors (Lipinski definition) is 1. The van der Waals surface area contributed by atoms with Crippen LogP contribution >= 0.6 is 0 Å². The summed E-state index contributed by atoms with van der Waals surface area (Å²) in [6, 6.07) is 0.641. The van der Waals surface area contributed by atoms with E-state index in [1.807, 2.05) is 0 Å². The van der Waals surface area contributed by atoms with Crippen LogP contribution in [0, 0.1) is 11.8 Å². The lowest BCUT2D eigenvalue weighted by Gasteiger charge is -2.42. The van der Waals surface area contributed by atoms with Gasteiger partial charge >= 0.3 is 0 Å². The zero-order valence-corrected chi connectivity index (χ0v) is 9.27. The van der Waals surface area contributed by atoms with Gasteiger partial charge in [-0.2, -0.15) is 0 Å². The Morgan fingerprint density at radius 2 is 1.73 bits per heavy atom. The maximum atomic E-state index is 10.2. The number of ether oxygens (including phenoxy) is 1. The molecular weight excluding hydrogens is 190 g/mol. The SMILES string of the molecule is O[C@H]1[C@@H]2CC[C@@H]1[C@@H](N1CCOCC1)CC2. The lowest BCUT2D eigenvalue weighted by atomic mass is 9.81. The first-order valence-corrected chi connectivity index (χ1v) is 6.36. The van der Waals surface area contributed by atoms with Crippen LogP contribution in [0.1, 0.15) is 25.7 Å². The molecule has 0 aromatic heterocycles. The van der Waals surface area contributed by atoms with Crippen molar-refractivity contribution in [3.8, 4) is 0 Å². The van der Waals surface area contributed by atoms with E-state index < -0.39 is 0 Å². The van der Waals surface area contributed by atoms with Crippen LogP contribution in [0.25, 0.3) is 0 Å². The van der Waals surface area contributed by atoms with Crippen LogP contribution in [0.15, 0.2) is 0 Å². The molecule has 0 unspecified atom stereocenters. The largest absolute Gasteiger partial charge is 0.392 e. The van der Waals surface area contributed by atoms with Gasteiger partial charge in [0.25, 0.3) is 0 Å². The Morgan fingerprint density at radius 1 is 1.00 bits per heavy atom.